The fourth-order valence-corrected chi connectivity index (χ4v) is 2.19. The Morgan fingerprint density at radius 3 is 2.82 bits per heavy atom. The first-order chi connectivity index (χ1) is 8.17. The normalized spacial score (nSPS) is 12.1. The van der Waals surface area contributed by atoms with Gasteiger partial charge < -0.3 is 5.32 Å². The van der Waals surface area contributed by atoms with Gasteiger partial charge in [0.05, 0.1) is 0 Å². The highest BCUT2D eigenvalue weighted by Crippen LogP contribution is 2.23. The van der Waals surface area contributed by atoms with Gasteiger partial charge in [-0.05, 0) is 43.1 Å². The minimum atomic E-state index is -0.224. The van der Waals surface area contributed by atoms with Crippen molar-refractivity contribution in [1.82, 2.24) is 5.32 Å². The van der Waals surface area contributed by atoms with E-state index in [-0.39, 0.29) is 11.9 Å². The van der Waals surface area contributed by atoms with Crippen molar-refractivity contribution in [3.8, 4) is 12.3 Å². The van der Waals surface area contributed by atoms with E-state index in [1.54, 1.807) is 6.07 Å². The van der Waals surface area contributed by atoms with E-state index in [9.17, 15) is 4.39 Å². The lowest BCUT2D eigenvalue weighted by molar-refractivity contribution is 0.501. The number of halogens is 2. The van der Waals surface area contributed by atoms with Crippen molar-refractivity contribution < 1.29 is 4.39 Å². The van der Waals surface area contributed by atoms with Crippen LogP contribution >= 0.6 is 15.9 Å². The Balaban J connectivity index is 2.83. The van der Waals surface area contributed by atoms with Gasteiger partial charge in [-0.15, -0.1) is 12.3 Å². The van der Waals surface area contributed by atoms with Crippen LogP contribution in [0.2, 0.25) is 0 Å². The first-order valence-electron chi connectivity index (χ1n) is 5.80. The van der Waals surface area contributed by atoms with Gasteiger partial charge in [-0.2, -0.15) is 0 Å². The molecule has 1 N–H and O–H groups in total. The Morgan fingerprint density at radius 1 is 1.47 bits per heavy atom. The van der Waals surface area contributed by atoms with E-state index in [0.717, 1.165) is 29.4 Å². The highest BCUT2D eigenvalue weighted by molar-refractivity contribution is 9.10. The topological polar surface area (TPSA) is 12.0 Å². The SMILES string of the molecule is C#CCCC(NCCC)c1cc(F)cc(Br)c1. The van der Waals surface area contributed by atoms with E-state index in [1.165, 1.54) is 6.07 Å². The molecule has 0 amide bonds. The monoisotopic (exact) mass is 297 g/mol. The summed E-state index contributed by atoms with van der Waals surface area (Å²) in [6.07, 6.45) is 7.84. The van der Waals surface area contributed by atoms with Crippen LogP contribution < -0.4 is 5.32 Å². The predicted octanol–water partition coefficient (Wildman–Crippen LogP) is 4.04. The van der Waals surface area contributed by atoms with Crippen molar-refractivity contribution in [2.24, 2.45) is 0 Å². The van der Waals surface area contributed by atoms with E-state index in [4.69, 9.17) is 6.42 Å². The van der Waals surface area contributed by atoms with Crippen LogP contribution in [-0.2, 0) is 0 Å². The number of hydrogen-bond acceptors (Lipinski definition) is 1. The van der Waals surface area contributed by atoms with Gasteiger partial charge in [0, 0.05) is 16.9 Å². The summed E-state index contributed by atoms with van der Waals surface area (Å²) in [5.74, 6) is 2.40. The van der Waals surface area contributed by atoms with Gasteiger partial charge in [-0.25, -0.2) is 4.39 Å². The number of rotatable bonds is 6. The standard InChI is InChI=1S/C14H17BrFN/c1-3-5-6-14(17-7-4-2)11-8-12(15)10-13(16)9-11/h1,8-10,14,17H,4-7H2,2H3. The summed E-state index contributed by atoms with van der Waals surface area (Å²) in [7, 11) is 0. The summed E-state index contributed by atoms with van der Waals surface area (Å²) >= 11 is 3.31. The van der Waals surface area contributed by atoms with Crippen LogP contribution in [-0.4, -0.2) is 6.54 Å². The molecule has 0 aliphatic rings. The molecule has 0 saturated carbocycles. The molecule has 0 aliphatic carbocycles. The number of hydrogen-bond donors (Lipinski definition) is 1. The molecule has 92 valence electrons. The highest BCUT2D eigenvalue weighted by atomic mass is 79.9. The van der Waals surface area contributed by atoms with Crippen LogP contribution in [0.15, 0.2) is 22.7 Å². The maximum Gasteiger partial charge on any atom is 0.124 e. The molecule has 1 unspecified atom stereocenters. The van der Waals surface area contributed by atoms with Gasteiger partial charge in [0.2, 0.25) is 0 Å². The Bertz CT molecular complexity index is 377. The van der Waals surface area contributed by atoms with Crippen LogP contribution in [0.1, 0.15) is 37.8 Å². The Kier molecular flexibility index (Phi) is 6.25. The second-order valence-electron chi connectivity index (χ2n) is 3.95. The quantitative estimate of drug-likeness (QED) is 0.782. The molecule has 1 aromatic carbocycles. The molecule has 0 heterocycles. The first kappa shape index (κ1) is 14.2. The van der Waals surface area contributed by atoms with Gasteiger partial charge in [0.25, 0.3) is 0 Å². The molecule has 1 nitrogen and oxygen atoms in total. The average molecular weight is 298 g/mol. The number of nitrogens with one attached hydrogen (secondary N) is 1. The Hall–Kier alpha value is -0.850. The molecule has 0 fully saturated rings. The maximum atomic E-state index is 13.3. The van der Waals surface area contributed by atoms with Crippen LogP contribution in [0, 0.1) is 18.2 Å². The maximum absolute atomic E-state index is 13.3. The molecule has 3 heteroatoms. The zero-order valence-electron chi connectivity index (χ0n) is 9.97. The molecular formula is C14H17BrFN. The zero-order chi connectivity index (χ0) is 12.7. The minimum Gasteiger partial charge on any atom is -0.310 e. The second-order valence-corrected chi connectivity index (χ2v) is 4.87. The third-order valence-electron chi connectivity index (χ3n) is 2.51. The summed E-state index contributed by atoms with van der Waals surface area (Å²) in [6, 6.07) is 5.08. The Morgan fingerprint density at radius 2 is 2.24 bits per heavy atom. The third-order valence-corrected chi connectivity index (χ3v) is 2.96. The summed E-state index contributed by atoms with van der Waals surface area (Å²) in [5.41, 5.74) is 0.945. The lowest BCUT2D eigenvalue weighted by Gasteiger charge is -2.18. The third kappa shape index (κ3) is 4.89. The Labute approximate surface area is 111 Å². The molecular weight excluding hydrogens is 281 g/mol. The largest absolute Gasteiger partial charge is 0.310 e. The number of terminal acetylenes is 1. The molecule has 1 rings (SSSR count). The first-order valence-corrected chi connectivity index (χ1v) is 6.59. The van der Waals surface area contributed by atoms with Gasteiger partial charge in [-0.1, -0.05) is 22.9 Å². The molecule has 0 aliphatic heterocycles. The number of benzene rings is 1. The summed E-state index contributed by atoms with van der Waals surface area (Å²) < 4.78 is 14.1. The molecule has 1 aromatic rings. The van der Waals surface area contributed by atoms with E-state index < -0.39 is 0 Å². The lowest BCUT2D eigenvalue weighted by Crippen LogP contribution is -2.22. The molecule has 0 bridgehead atoms. The van der Waals surface area contributed by atoms with Gasteiger partial charge in [-0.3, -0.25) is 0 Å². The van der Waals surface area contributed by atoms with Gasteiger partial charge in [0.1, 0.15) is 5.82 Å². The molecule has 1 atom stereocenters. The van der Waals surface area contributed by atoms with Crippen molar-refractivity contribution in [1.29, 1.82) is 0 Å². The predicted molar refractivity (Wildman–Crippen MR) is 73.2 cm³/mol. The fraction of sp³-hybridized carbons (Fsp3) is 0.429. The smallest absolute Gasteiger partial charge is 0.124 e. The van der Waals surface area contributed by atoms with Crippen LogP contribution in [0.5, 0.6) is 0 Å². The summed E-state index contributed by atoms with van der Waals surface area (Å²) in [5, 5.41) is 3.39. The van der Waals surface area contributed by atoms with Crippen LogP contribution in [0.3, 0.4) is 0 Å². The molecule has 17 heavy (non-hydrogen) atoms. The van der Waals surface area contributed by atoms with E-state index in [2.05, 4.69) is 34.1 Å². The van der Waals surface area contributed by atoms with Crippen molar-refractivity contribution in [2.45, 2.75) is 32.2 Å². The van der Waals surface area contributed by atoms with Gasteiger partial charge >= 0.3 is 0 Å². The van der Waals surface area contributed by atoms with Gasteiger partial charge in [0.15, 0.2) is 0 Å². The van der Waals surface area contributed by atoms with Crippen molar-refractivity contribution in [3.63, 3.8) is 0 Å². The van der Waals surface area contributed by atoms with Crippen molar-refractivity contribution in [3.05, 3.63) is 34.1 Å². The van der Waals surface area contributed by atoms with E-state index in [0.29, 0.717) is 6.42 Å². The van der Waals surface area contributed by atoms with E-state index in [1.807, 2.05) is 6.07 Å². The fourth-order valence-electron chi connectivity index (χ4n) is 1.71. The average Bonchev–Trinajstić information content (AvgIpc) is 2.28. The highest BCUT2D eigenvalue weighted by Gasteiger charge is 2.11. The molecule has 0 saturated heterocycles. The minimum absolute atomic E-state index is 0.123. The van der Waals surface area contributed by atoms with E-state index >= 15 is 0 Å². The summed E-state index contributed by atoms with van der Waals surface area (Å²) in [4.78, 5) is 0. The van der Waals surface area contributed by atoms with Crippen molar-refractivity contribution >= 4 is 15.9 Å². The molecule has 0 spiro atoms. The second kappa shape index (κ2) is 7.47. The molecule has 0 aromatic heterocycles. The zero-order valence-corrected chi connectivity index (χ0v) is 11.6. The molecule has 0 radical (unpaired) electrons. The van der Waals surface area contributed by atoms with Crippen LogP contribution in [0.25, 0.3) is 0 Å². The van der Waals surface area contributed by atoms with Crippen molar-refractivity contribution in [2.75, 3.05) is 6.54 Å². The lowest BCUT2D eigenvalue weighted by atomic mass is 10.0. The van der Waals surface area contributed by atoms with Crippen LogP contribution in [0.4, 0.5) is 4.39 Å². The summed E-state index contributed by atoms with van der Waals surface area (Å²) in [6.45, 7) is 3.01.